The molecule has 4 heteroatoms. The van der Waals surface area contributed by atoms with E-state index in [1.165, 1.54) is 4.88 Å². The van der Waals surface area contributed by atoms with Crippen LogP contribution in [0.15, 0.2) is 35.7 Å². The van der Waals surface area contributed by atoms with E-state index in [1.807, 2.05) is 12.1 Å². The molecule has 0 radical (unpaired) electrons. The van der Waals surface area contributed by atoms with Crippen molar-refractivity contribution >= 4 is 17.0 Å². The fourth-order valence-corrected chi connectivity index (χ4v) is 2.59. The molecule has 1 heterocycles. The van der Waals surface area contributed by atoms with E-state index in [0.29, 0.717) is 5.56 Å². The summed E-state index contributed by atoms with van der Waals surface area (Å²) in [4.78, 5) is 3.43. The van der Waals surface area contributed by atoms with Crippen molar-refractivity contribution in [1.82, 2.24) is 0 Å². The molecule has 0 aliphatic carbocycles. The number of halogens is 1. The van der Waals surface area contributed by atoms with Crippen molar-refractivity contribution in [2.75, 3.05) is 11.4 Å². The molecule has 2 N–H and O–H groups in total. The Bertz CT molecular complexity index is 497. The number of thiophene rings is 1. The SMILES string of the molecule is CCN(Cc1cccs1)c1ccc(CN)c(F)c1. The van der Waals surface area contributed by atoms with E-state index < -0.39 is 0 Å². The predicted octanol–water partition coefficient (Wildman–Crippen LogP) is 3.37. The molecule has 2 nitrogen and oxygen atoms in total. The summed E-state index contributed by atoms with van der Waals surface area (Å²) in [7, 11) is 0. The molecule has 0 spiro atoms. The lowest BCUT2D eigenvalue weighted by atomic mass is 10.2. The van der Waals surface area contributed by atoms with Gasteiger partial charge in [0.25, 0.3) is 0 Å². The van der Waals surface area contributed by atoms with Gasteiger partial charge in [0.2, 0.25) is 0 Å². The molecule has 0 aliphatic heterocycles. The molecule has 0 unspecified atom stereocenters. The summed E-state index contributed by atoms with van der Waals surface area (Å²) in [5, 5.41) is 2.06. The zero-order valence-corrected chi connectivity index (χ0v) is 11.2. The lowest BCUT2D eigenvalue weighted by molar-refractivity contribution is 0.609. The molecule has 1 aromatic heterocycles. The van der Waals surface area contributed by atoms with Crippen LogP contribution in [0, 0.1) is 5.82 Å². The highest BCUT2D eigenvalue weighted by Gasteiger charge is 2.09. The fraction of sp³-hybridized carbons (Fsp3) is 0.286. The summed E-state index contributed by atoms with van der Waals surface area (Å²) < 4.78 is 13.7. The Morgan fingerprint density at radius 2 is 2.17 bits per heavy atom. The molecule has 0 atom stereocenters. The molecule has 1 aromatic carbocycles. The maximum atomic E-state index is 13.7. The Kier molecular flexibility index (Phi) is 4.33. The Balaban J connectivity index is 2.19. The van der Waals surface area contributed by atoms with Crippen LogP contribution in [-0.2, 0) is 13.1 Å². The van der Waals surface area contributed by atoms with E-state index in [1.54, 1.807) is 23.5 Å². The van der Waals surface area contributed by atoms with Crippen molar-refractivity contribution in [1.29, 1.82) is 0 Å². The van der Waals surface area contributed by atoms with Gasteiger partial charge in [0.15, 0.2) is 0 Å². The highest BCUT2D eigenvalue weighted by Crippen LogP contribution is 2.22. The van der Waals surface area contributed by atoms with Gasteiger partial charge in [0.1, 0.15) is 5.82 Å². The summed E-state index contributed by atoms with van der Waals surface area (Å²) in [5.74, 6) is -0.223. The Morgan fingerprint density at radius 1 is 1.33 bits per heavy atom. The normalized spacial score (nSPS) is 10.6. The van der Waals surface area contributed by atoms with Crippen LogP contribution in [0.5, 0.6) is 0 Å². The van der Waals surface area contributed by atoms with E-state index in [4.69, 9.17) is 5.73 Å². The van der Waals surface area contributed by atoms with Crippen molar-refractivity contribution in [3.05, 3.63) is 52.0 Å². The number of benzene rings is 1. The van der Waals surface area contributed by atoms with Gasteiger partial charge in [-0.2, -0.15) is 0 Å². The first-order valence-corrected chi connectivity index (χ1v) is 6.88. The van der Waals surface area contributed by atoms with Gasteiger partial charge in [-0.15, -0.1) is 11.3 Å². The van der Waals surface area contributed by atoms with Crippen molar-refractivity contribution in [2.45, 2.75) is 20.0 Å². The first kappa shape index (κ1) is 13.1. The van der Waals surface area contributed by atoms with Crippen LogP contribution in [-0.4, -0.2) is 6.54 Å². The zero-order chi connectivity index (χ0) is 13.0. The van der Waals surface area contributed by atoms with Gasteiger partial charge in [0, 0.05) is 29.2 Å². The second kappa shape index (κ2) is 5.98. The summed E-state index contributed by atoms with van der Waals surface area (Å²) in [6.07, 6.45) is 0. The average molecular weight is 264 g/mol. The third kappa shape index (κ3) is 2.89. The number of rotatable bonds is 5. The Labute approximate surface area is 111 Å². The first-order valence-electron chi connectivity index (χ1n) is 6.00. The van der Waals surface area contributed by atoms with Crippen molar-refractivity contribution in [3.63, 3.8) is 0 Å². The third-order valence-electron chi connectivity index (χ3n) is 2.93. The van der Waals surface area contributed by atoms with E-state index in [2.05, 4.69) is 23.3 Å². The smallest absolute Gasteiger partial charge is 0.129 e. The third-order valence-corrected chi connectivity index (χ3v) is 3.79. The molecule has 0 fully saturated rings. The first-order chi connectivity index (χ1) is 8.74. The molecule has 2 aromatic rings. The van der Waals surface area contributed by atoms with Gasteiger partial charge < -0.3 is 10.6 Å². The molecule has 0 bridgehead atoms. The molecule has 18 heavy (non-hydrogen) atoms. The lowest BCUT2D eigenvalue weighted by Crippen LogP contribution is -2.21. The minimum Gasteiger partial charge on any atom is -0.367 e. The van der Waals surface area contributed by atoms with Crippen LogP contribution in [0.4, 0.5) is 10.1 Å². The molecule has 0 saturated carbocycles. The second-order valence-corrected chi connectivity index (χ2v) is 5.11. The van der Waals surface area contributed by atoms with Crippen LogP contribution >= 0.6 is 11.3 Å². The number of anilines is 1. The summed E-state index contributed by atoms with van der Waals surface area (Å²) in [5.41, 5.74) is 6.93. The van der Waals surface area contributed by atoms with Gasteiger partial charge in [-0.25, -0.2) is 4.39 Å². The quantitative estimate of drug-likeness (QED) is 0.897. The highest BCUT2D eigenvalue weighted by molar-refractivity contribution is 7.09. The summed E-state index contributed by atoms with van der Waals surface area (Å²) in [6, 6.07) is 9.40. The lowest BCUT2D eigenvalue weighted by Gasteiger charge is -2.22. The summed E-state index contributed by atoms with van der Waals surface area (Å²) >= 11 is 1.72. The number of hydrogen-bond acceptors (Lipinski definition) is 3. The largest absolute Gasteiger partial charge is 0.367 e. The topological polar surface area (TPSA) is 29.3 Å². The Hall–Kier alpha value is -1.39. The van der Waals surface area contributed by atoms with Crippen LogP contribution in [0.25, 0.3) is 0 Å². The zero-order valence-electron chi connectivity index (χ0n) is 10.4. The monoisotopic (exact) mass is 264 g/mol. The van der Waals surface area contributed by atoms with Gasteiger partial charge in [-0.1, -0.05) is 12.1 Å². The van der Waals surface area contributed by atoms with E-state index in [9.17, 15) is 4.39 Å². The standard InChI is InChI=1S/C14H17FN2S/c1-2-17(10-13-4-3-7-18-13)12-6-5-11(9-16)14(15)8-12/h3-8H,2,9-10,16H2,1H3. The van der Waals surface area contributed by atoms with Crippen LogP contribution < -0.4 is 10.6 Å². The molecule has 2 rings (SSSR count). The minimum atomic E-state index is -0.223. The van der Waals surface area contributed by atoms with E-state index in [0.717, 1.165) is 18.8 Å². The van der Waals surface area contributed by atoms with Gasteiger partial charge >= 0.3 is 0 Å². The maximum Gasteiger partial charge on any atom is 0.129 e. The van der Waals surface area contributed by atoms with Crippen LogP contribution in [0.2, 0.25) is 0 Å². The fourth-order valence-electron chi connectivity index (χ4n) is 1.87. The minimum absolute atomic E-state index is 0.223. The molecule has 96 valence electrons. The average Bonchev–Trinajstić information content (AvgIpc) is 2.88. The number of nitrogens with two attached hydrogens (primary N) is 1. The maximum absolute atomic E-state index is 13.7. The molecule has 0 saturated heterocycles. The Morgan fingerprint density at radius 3 is 2.72 bits per heavy atom. The summed E-state index contributed by atoms with van der Waals surface area (Å²) in [6.45, 7) is 3.97. The molecule has 0 aliphatic rings. The van der Waals surface area contributed by atoms with Crippen molar-refractivity contribution in [3.8, 4) is 0 Å². The second-order valence-electron chi connectivity index (χ2n) is 4.07. The number of hydrogen-bond donors (Lipinski definition) is 1. The van der Waals surface area contributed by atoms with E-state index >= 15 is 0 Å². The van der Waals surface area contributed by atoms with Gasteiger partial charge in [0.05, 0.1) is 6.54 Å². The van der Waals surface area contributed by atoms with Gasteiger partial charge in [-0.3, -0.25) is 0 Å². The van der Waals surface area contributed by atoms with E-state index in [-0.39, 0.29) is 12.4 Å². The molecule has 0 amide bonds. The van der Waals surface area contributed by atoms with Gasteiger partial charge in [-0.05, 0) is 30.5 Å². The van der Waals surface area contributed by atoms with Crippen LogP contribution in [0.1, 0.15) is 17.4 Å². The molecular weight excluding hydrogens is 247 g/mol. The van der Waals surface area contributed by atoms with Crippen molar-refractivity contribution in [2.24, 2.45) is 5.73 Å². The number of nitrogens with zero attached hydrogens (tertiary/aromatic N) is 1. The highest BCUT2D eigenvalue weighted by atomic mass is 32.1. The van der Waals surface area contributed by atoms with Crippen molar-refractivity contribution < 1.29 is 4.39 Å². The predicted molar refractivity (Wildman–Crippen MR) is 75.3 cm³/mol. The van der Waals surface area contributed by atoms with Crippen LogP contribution in [0.3, 0.4) is 0 Å². The molecular formula is C14H17FN2S.